The summed E-state index contributed by atoms with van der Waals surface area (Å²) in [7, 11) is 0. The van der Waals surface area contributed by atoms with Gasteiger partial charge in [0.15, 0.2) is 0 Å². The lowest BCUT2D eigenvalue weighted by molar-refractivity contribution is 0.176. The fourth-order valence-electron chi connectivity index (χ4n) is 2.67. The summed E-state index contributed by atoms with van der Waals surface area (Å²) in [4.78, 5) is 2.59. The summed E-state index contributed by atoms with van der Waals surface area (Å²) in [6, 6.07) is 9.21. The Labute approximate surface area is 118 Å². The Morgan fingerprint density at radius 1 is 1.26 bits per heavy atom. The van der Waals surface area contributed by atoms with Crippen molar-refractivity contribution in [3.8, 4) is 0 Å². The van der Waals surface area contributed by atoms with Gasteiger partial charge in [0.05, 0.1) is 0 Å². The van der Waals surface area contributed by atoms with Crippen LogP contribution in [0.5, 0.6) is 0 Å². The number of hydrogen-bond donors (Lipinski definition) is 1. The molecule has 0 aliphatic heterocycles. The van der Waals surface area contributed by atoms with Gasteiger partial charge < -0.3 is 5.73 Å². The van der Waals surface area contributed by atoms with Crippen molar-refractivity contribution in [1.82, 2.24) is 4.90 Å². The van der Waals surface area contributed by atoms with Crippen LogP contribution in [-0.2, 0) is 0 Å². The highest BCUT2D eigenvalue weighted by molar-refractivity contribution is 5.24. The minimum absolute atomic E-state index is 0.117. The van der Waals surface area contributed by atoms with Crippen molar-refractivity contribution < 1.29 is 0 Å². The number of nitrogens with two attached hydrogens (primary N) is 1. The van der Waals surface area contributed by atoms with Gasteiger partial charge in [-0.15, -0.1) is 0 Å². The lowest BCUT2D eigenvalue weighted by Gasteiger charge is -2.33. The fourth-order valence-corrected chi connectivity index (χ4v) is 2.67. The van der Waals surface area contributed by atoms with E-state index >= 15 is 0 Å². The molecule has 2 nitrogen and oxygen atoms in total. The fraction of sp³-hybridized carbons (Fsp3) is 0.647. The van der Waals surface area contributed by atoms with Gasteiger partial charge in [-0.1, -0.05) is 36.8 Å². The Morgan fingerprint density at radius 3 is 2.42 bits per heavy atom. The van der Waals surface area contributed by atoms with Gasteiger partial charge in [-0.3, -0.25) is 4.90 Å². The second kappa shape index (κ2) is 6.53. The Kier molecular flexibility index (Phi) is 5.00. The first-order valence-electron chi connectivity index (χ1n) is 7.68. The molecule has 1 saturated carbocycles. The van der Waals surface area contributed by atoms with Gasteiger partial charge in [-0.25, -0.2) is 0 Å². The first-order chi connectivity index (χ1) is 9.11. The van der Waals surface area contributed by atoms with Gasteiger partial charge in [-0.05, 0) is 51.1 Å². The van der Waals surface area contributed by atoms with Crippen LogP contribution < -0.4 is 5.73 Å². The van der Waals surface area contributed by atoms with Crippen molar-refractivity contribution in [3.63, 3.8) is 0 Å². The molecule has 1 aromatic rings. The lowest BCUT2D eigenvalue weighted by Crippen LogP contribution is -2.42. The molecule has 0 spiro atoms. The zero-order valence-electron chi connectivity index (χ0n) is 12.6. The molecule has 0 saturated heterocycles. The molecule has 2 unspecified atom stereocenters. The Balaban J connectivity index is 2.01. The van der Waals surface area contributed by atoms with E-state index in [0.717, 1.165) is 12.5 Å². The molecule has 2 rings (SSSR count). The summed E-state index contributed by atoms with van der Waals surface area (Å²) in [5, 5.41) is 0. The van der Waals surface area contributed by atoms with Crippen LogP contribution in [0.2, 0.25) is 0 Å². The summed E-state index contributed by atoms with van der Waals surface area (Å²) in [6.45, 7) is 9.05. The standard InChI is InChI=1S/C17H28N2/c1-4-11-19(12-15-7-8-15)14(3)17(18)16-9-5-13(2)6-10-16/h5-6,9-10,14-15,17H,4,7-8,11-12,18H2,1-3H3. The van der Waals surface area contributed by atoms with Gasteiger partial charge in [0.25, 0.3) is 0 Å². The van der Waals surface area contributed by atoms with Gasteiger partial charge in [0, 0.05) is 18.6 Å². The smallest absolute Gasteiger partial charge is 0.0450 e. The van der Waals surface area contributed by atoms with E-state index in [1.54, 1.807) is 0 Å². The third-order valence-corrected chi connectivity index (χ3v) is 4.26. The molecular weight excluding hydrogens is 232 g/mol. The van der Waals surface area contributed by atoms with E-state index in [1.807, 2.05) is 0 Å². The van der Waals surface area contributed by atoms with Crippen molar-refractivity contribution in [3.05, 3.63) is 35.4 Å². The Morgan fingerprint density at radius 2 is 1.89 bits per heavy atom. The van der Waals surface area contributed by atoms with E-state index in [9.17, 15) is 0 Å². The van der Waals surface area contributed by atoms with E-state index < -0.39 is 0 Å². The highest BCUT2D eigenvalue weighted by Crippen LogP contribution is 2.31. The molecule has 19 heavy (non-hydrogen) atoms. The third kappa shape index (κ3) is 4.05. The summed E-state index contributed by atoms with van der Waals surface area (Å²) in [5.74, 6) is 0.930. The van der Waals surface area contributed by atoms with Crippen LogP contribution in [0.4, 0.5) is 0 Å². The lowest BCUT2D eigenvalue weighted by atomic mass is 9.98. The highest BCUT2D eigenvalue weighted by Gasteiger charge is 2.28. The van der Waals surface area contributed by atoms with Gasteiger partial charge >= 0.3 is 0 Å². The molecule has 1 aliphatic carbocycles. The summed E-state index contributed by atoms with van der Waals surface area (Å²) in [5.41, 5.74) is 9.03. The maximum atomic E-state index is 6.47. The quantitative estimate of drug-likeness (QED) is 0.813. The number of nitrogens with zero attached hydrogens (tertiary/aromatic N) is 1. The maximum absolute atomic E-state index is 6.47. The molecule has 2 N–H and O–H groups in total. The average Bonchev–Trinajstić information content (AvgIpc) is 3.21. The van der Waals surface area contributed by atoms with E-state index in [2.05, 4.69) is 49.9 Å². The molecule has 1 aromatic carbocycles. The van der Waals surface area contributed by atoms with Crippen LogP contribution >= 0.6 is 0 Å². The van der Waals surface area contributed by atoms with Crippen molar-refractivity contribution in [2.24, 2.45) is 11.7 Å². The van der Waals surface area contributed by atoms with Crippen molar-refractivity contribution in [2.45, 2.75) is 52.1 Å². The highest BCUT2D eigenvalue weighted by atomic mass is 15.2. The zero-order chi connectivity index (χ0) is 13.8. The van der Waals surface area contributed by atoms with E-state index in [4.69, 9.17) is 5.73 Å². The minimum Gasteiger partial charge on any atom is -0.323 e. The molecule has 106 valence electrons. The number of aryl methyl sites for hydroxylation is 1. The minimum atomic E-state index is 0.117. The van der Waals surface area contributed by atoms with Crippen molar-refractivity contribution in [1.29, 1.82) is 0 Å². The Hall–Kier alpha value is -0.860. The number of benzene rings is 1. The van der Waals surface area contributed by atoms with Crippen LogP contribution in [0.25, 0.3) is 0 Å². The molecule has 2 heteroatoms. The summed E-state index contributed by atoms with van der Waals surface area (Å²) < 4.78 is 0. The number of rotatable bonds is 7. The molecular formula is C17H28N2. The first kappa shape index (κ1) is 14.5. The van der Waals surface area contributed by atoms with Gasteiger partial charge in [0.1, 0.15) is 0 Å². The second-order valence-corrected chi connectivity index (χ2v) is 6.12. The van der Waals surface area contributed by atoms with E-state index in [1.165, 1.54) is 36.9 Å². The molecule has 0 bridgehead atoms. The van der Waals surface area contributed by atoms with Crippen LogP contribution in [0, 0.1) is 12.8 Å². The van der Waals surface area contributed by atoms with Crippen LogP contribution in [0.15, 0.2) is 24.3 Å². The molecule has 0 aromatic heterocycles. The van der Waals surface area contributed by atoms with Crippen LogP contribution in [-0.4, -0.2) is 24.0 Å². The predicted octanol–water partition coefficient (Wildman–Crippen LogP) is 3.51. The zero-order valence-corrected chi connectivity index (χ0v) is 12.6. The second-order valence-electron chi connectivity index (χ2n) is 6.12. The van der Waals surface area contributed by atoms with Crippen LogP contribution in [0.3, 0.4) is 0 Å². The normalized spacial score (nSPS) is 18.6. The van der Waals surface area contributed by atoms with Gasteiger partial charge in [0.2, 0.25) is 0 Å². The van der Waals surface area contributed by atoms with Crippen molar-refractivity contribution in [2.75, 3.05) is 13.1 Å². The Bertz CT molecular complexity index is 381. The molecule has 0 radical (unpaired) electrons. The summed E-state index contributed by atoms with van der Waals surface area (Å²) in [6.07, 6.45) is 4.02. The van der Waals surface area contributed by atoms with Crippen molar-refractivity contribution >= 4 is 0 Å². The third-order valence-electron chi connectivity index (χ3n) is 4.26. The molecule has 0 amide bonds. The number of hydrogen-bond acceptors (Lipinski definition) is 2. The molecule has 1 fully saturated rings. The van der Waals surface area contributed by atoms with E-state index in [-0.39, 0.29) is 6.04 Å². The van der Waals surface area contributed by atoms with E-state index in [0.29, 0.717) is 6.04 Å². The summed E-state index contributed by atoms with van der Waals surface area (Å²) >= 11 is 0. The van der Waals surface area contributed by atoms with Gasteiger partial charge in [-0.2, -0.15) is 0 Å². The molecule has 1 aliphatic rings. The average molecular weight is 260 g/mol. The SMILES string of the molecule is CCCN(CC1CC1)C(C)C(N)c1ccc(C)cc1. The first-order valence-corrected chi connectivity index (χ1v) is 7.68. The monoisotopic (exact) mass is 260 g/mol. The van der Waals surface area contributed by atoms with Crippen LogP contribution in [0.1, 0.15) is 50.3 Å². The maximum Gasteiger partial charge on any atom is 0.0450 e. The molecule has 0 heterocycles. The predicted molar refractivity (Wildman–Crippen MR) is 82.2 cm³/mol. The molecule has 2 atom stereocenters. The largest absolute Gasteiger partial charge is 0.323 e. The topological polar surface area (TPSA) is 29.3 Å².